The highest BCUT2D eigenvalue weighted by Crippen LogP contribution is 2.26. The lowest BCUT2D eigenvalue weighted by Gasteiger charge is -2.15. The van der Waals surface area contributed by atoms with E-state index in [1.54, 1.807) is 18.3 Å². The van der Waals surface area contributed by atoms with E-state index in [1.165, 1.54) is 12.1 Å². The van der Waals surface area contributed by atoms with Gasteiger partial charge in [-0.25, -0.2) is 9.82 Å². The Morgan fingerprint density at radius 3 is 2.88 bits per heavy atom. The number of hydrazone groups is 1. The minimum atomic E-state index is -0.240. The van der Waals surface area contributed by atoms with E-state index < -0.39 is 0 Å². The number of anilines is 1. The molecule has 4 rings (SSSR count). The van der Waals surface area contributed by atoms with Crippen LogP contribution in [0.3, 0.4) is 0 Å². The second kappa shape index (κ2) is 7.37. The Labute approximate surface area is 155 Å². The number of hydrogen-bond acceptors (Lipinski definition) is 5. The van der Waals surface area contributed by atoms with Gasteiger partial charge in [-0.15, -0.1) is 0 Å². The summed E-state index contributed by atoms with van der Waals surface area (Å²) in [4.78, 5) is 4.32. The van der Waals surface area contributed by atoms with Gasteiger partial charge in [0.05, 0.1) is 17.2 Å². The zero-order chi connectivity index (χ0) is 17.9. The van der Waals surface area contributed by atoms with Crippen molar-refractivity contribution in [2.45, 2.75) is 6.04 Å². The van der Waals surface area contributed by atoms with Crippen LogP contribution in [0.15, 0.2) is 59.8 Å². The number of halogens is 2. The molecule has 0 amide bonds. The van der Waals surface area contributed by atoms with Crippen LogP contribution < -0.4 is 16.3 Å². The first kappa shape index (κ1) is 16.9. The Morgan fingerprint density at radius 2 is 2.04 bits per heavy atom. The number of aromatic nitrogens is 1. The molecule has 132 valence electrons. The van der Waals surface area contributed by atoms with Crippen molar-refractivity contribution in [1.82, 2.24) is 15.8 Å². The summed E-state index contributed by atoms with van der Waals surface area (Å²) in [5.74, 6) is -0.105. The van der Waals surface area contributed by atoms with E-state index in [4.69, 9.17) is 11.6 Å². The van der Waals surface area contributed by atoms with E-state index >= 15 is 0 Å². The van der Waals surface area contributed by atoms with Crippen LogP contribution in [-0.4, -0.2) is 17.7 Å². The molecule has 0 saturated carbocycles. The first-order chi connectivity index (χ1) is 12.7. The fraction of sp³-hybridized carbons (Fsp3) is 0.158. The number of nitrogens with one attached hydrogen (secondary N) is 3. The molecule has 7 heteroatoms. The molecule has 1 aliphatic rings. The van der Waals surface area contributed by atoms with E-state index in [0.29, 0.717) is 5.02 Å². The molecule has 1 fully saturated rings. The summed E-state index contributed by atoms with van der Waals surface area (Å²) in [7, 11) is 0. The molecule has 2 heterocycles. The van der Waals surface area contributed by atoms with Gasteiger partial charge in [0.1, 0.15) is 5.82 Å². The molecule has 0 bridgehead atoms. The molecule has 5 nitrogen and oxygen atoms in total. The molecule has 0 radical (unpaired) electrons. The number of hydrazine groups is 1. The fourth-order valence-corrected chi connectivity index (χ4v) is 3.24. The quantitative estimate of drug-likeness (QED) is 0.482. The van der Waals surface area contributed by atoms with E-state index in [-0.39, 0.29) is 17.8 Å². The lowest BCUT2D eigenvalue weighted by Crippen LogP contribution is -2.25. The molecular formula is C19H17ClFN5. The summed E-state index contributed by atoms with van der Waals surface area (Å²) >= 11 is 6.02. The molecule has 26 heavy (non-hydrogen) atoms. The number of hydrogen-bond donors (Lipinski definition) is 3. The molecule has 2 atom stereocenters. The number of rotatable bonds is 4. The summed E-state index contributed by atoms with van der Waals surface area (Å²) in [6, 6.07) is 14.0. The van der Waals surface area contributed by atoms with Crippen LogP contribution in [0.25, 0.3) is 10.9 Å². The average molecular weight is 370 g/mol. The summed E-state index contributed by atoms with van der Waals surface area (Å²) in [6.45, 7) is 0.736. The maximum Gasteiger partial charge on any atom is 0.123 e. The maximum absolute atomic E-state index is 13.1. The van der Waals surface area contributed by atoms with Crippen molar-refractivity contribution in [2.24, 2.45) is 11.0 Å². The Bertz CT molecular complexity index is 944. The normalized spacial score (nSPS) is 20.1. The van der Waals surface area contributed by atoms with Gasteiger partial charge in [0.15, 0.2) is 0 Å². The minimum Gasteiger partial charge on any atom is -0.278 e. The topological polar surface area (TPSA) is 61.3 Å². The average Bonchev–Trinajstić information content (AvgIpc) is 3.11. The van der Waals surface area contributed by atoms with Gasteiger partial charge in [-0.1, -0.05) is 23.7 Å². The van der Waals surface area contributed by atoms with Crippen molar-refractivity contribution >= 4 is 34.4 Å². The predicted molar refractivity (Wildman–Crippen MR) is 103 cm³/mol. The van der Waals surface area contributed by atoms with E-state index in [1.807, 2.05) is 30.5 Å². The maximum atomic E-state index is 13.1. The SMILES string of the molecule is Fc1ccc(C2NNCC2/C=N\Nc2ccnc3cc(Cl)ccc23)cc1. The highest BCUT2D eigenvalue weighted by atomic mass is 35.5. The Kier molecular flexibility index (Phi) is 4.79. The van der Waals surface area contributed by atoms with Gasteiger partial charge in [-0.05, 0) is 42.0 Å². The van der Waals surface area contributed by atoms with Crippen molar-refractivity contribution in [3.63, 3.8) is 0 Å². The van der Waals surface area contributed by atoms with Crippen LogP contribution >= 0.6 is 11.6 Å². The zero-order valence-electron chi connectivity index (χ0n) is 13.8. The predicted octanol–water partition coefficient (Wildman–Crippen LogP) is 3.89. The highest BCUT2D eigenvalue weighted by molar-refractivity contribution is 6.31. The third-order valence-corrected chi connectivity index (χ3v) is 4.64. The lowest BCUT2D eigenvalue weighted by atomic mass is 9.96. The van der Waals surface area contributed by atoms with Gasteiger partial charge >= 0.3 is 0 Å². The van der Waals surface area contributed by atoms with Crippen molar-refractivity contribution in [2.75, 3.05) is 12.0 Å². The van der Waals surface area contributed by atoms with E-state index in [9.17, 15) is 4.39 Å². The smallest absolute Gasteiger partial charge is 0.123 e. The second-order valence-electron chi connectivity index (χ2n) is 6.13. The van der Waals surface area contributed by atoms with Crippen LogP contribution in [0, 0.1) is 11.7 Å². The molecule has 2 aromatic carbocycles. The van der Waals surface area contributed by atoms with Gasteiger partial charge in [-0.3, -0.25) is 15.8 Å². The summed E-state index contributed by atoms with van der Waals surface area (Å²) in [5.41, 5.74) is 12.1. The van der Waals surface area contributed by atoms with Gasteiger partial charge in [-0.2, -0.15) is 5.10 Å². The molecule has 1 aliphatic heterocycles. The number of pyridine rings is 1. The Morgan fingerprint density at radius 1 is 1.19 bits per heavy atom. The standard InChI is InChI=1S/C19H17ClFN5/c20-14-3-6-16-17(7-8-22-18(16)9-14)25-23-10-13-11-24-26-19(13)12-1-4-15(21)5-2-12/h1-10,13,19,24,26H,11H2,(H,22,25)/b23-10-. The number of benzene rings is 2. The molecule has 3 aromatic rings. The third kappa shape index (κ3) is 3.53. The molecule has 0 aliphatic carbocycles. The number of fused-ring (bicyclic) bond motifs is 1. The number of nitrogens with zero attached hydrogens (tertiary/aromatic N) is 2. The largest absolute Gasteiger partial charge is 0.278 e. The molecule has 1 saturated heterocycles. The first-order valence-electron chi connectivity index (χ1n) is 8.28. The van der Waals surface area contributed by atoms with Crippen LogP contribution in [0.1, 0.15) is 11.6 Å². The van der Waals surface area contributed by atoms with Crippen molar-refractivity contribution in [1.29, 1.82) is 0 Å². The van der Waals surface area contributed by atoms with Crippen molar-refractivity contribution in [3.05, 3.63) is 71.1 Å². The van der Waals surface area contributed by atoms with E-state index in [2.05, 4.69) is 26.4 Å². The van der Waals surface area contributed by atoms with Crippen molar-refractivity contribution < 1.29 is 4.39 Å². The molecule has 1 aromatic heterocycles. The molecule has 3 N–H and O–H groups in total. The Balaban J connectivity index is 1.50. The minimum absolute atomic E-state index is 0.0362. The van der Waals surface area contributed by atoms with Gasteiger partial charge in [0.25, 0.3) is 0 Å². The van der Waals surface area contributed by atoms with Crippen LogP contribution in [0.4, 0.5) is 10.1 Å². The van der Waals surface area contributed by atoms with Gasteiger partial charge in [0, 0.05) is 35.3 Å². The van der Waals surface area contributed by atoms with Gasteiger partial charge in [0.2, 0.25) is 0 Å². The highest BCUT2D eigenvalue weighted by Gasteiger charge is 2.26. The summed E-state index contributed by atoms with van der Waals surface area (Å²) < 4.78 is 13.1. The third-order valence-electron chi connectivity index (χ3n) is 4.41. The first-order valence-corrected chi connectivity index (χ1v) is 8.66. The summed E-state index contributed by atoms with van der Waals surface area (Å²) in [6.07, 6.45) is 3.58. The van der Waals surface area contributed by atoms with Crippen LogP contribution in [0.2, 0.25) is 5.02 Å². The zero-order valence-corrected chi connectivity index (χ0v) is 14.5. The second-order valence-corrected chi connectivity index (χ2v) is 6.56. The lowest BCUT2D eigenvalue weighted by molar-refractivity contribution is 0.554. The summed E-state index contributed by atoms with van der Waals surface area (Å²) in [5, 5.41) is 6.00. The molecule has 0 spiro atoms. The monoisotopic (exact) mass is 369 g/mol. The van der Waals surface area contributed by atoms with E-state index in [0.717, 1.165) is 28.7 Å². The molecule has 2 unspecified atom stereocenters. The van der Waals surface area contributed by atoms with Crippen molar-refractivity contribution in [3.8, 4) is 0 Å². The fourth-order valence-electron chi connectivity index (χ4n) is 3.07. The Hall–Kier alpha value is -2.54. The van der Waals surface area contributed by atoms with Gasteiger partial charge < -0.3 is 0 Å². The van der Waals surface area contributed by atoms with Crippen LogP contribution in [0.5, 0.6) is 0 Å². The molecular weight excluding hydrogens is 353 g/mol. The van der Waals surface area contributed by atoms with Crippen LogP contribution in [-0.2, 0) is 0 Å².